The number of thiazole rings is 1. The van der Waals surface area contributed by atoms with Crippen LogP contribution < -0.4 is 4.90 Å². The lowest BCUT2D eigenvalue weighted by molar-refractivity contribution is -0.115. The molecule has 5 aromatic rings. The zero-order valence-corrected chi connectivity index (χ0v) is 20.7. The number of aromatic nitrogens is 4. The molecule has 0 fully saturated rings. The summed E-state index contributed by atoms with van der Waals surface area (Å²) in [4.78, 5) is 18.7. The molecule has 0 unspecified atom stereocenters. The smallest absolute Gasteiger partial charge is 0.230 e. The number of thioether (sulfide) groups is 1. The Balaban J connectivity index is 1.38. The van der Waals surface area contributed by atoms with Crippen molar-refractivity contribution in [3.63, 3.8) is 0 Å². The second-order valence-corrected chi connectivity index (χ2v) is 9.61. The third-order valence-electron chi connectivity index (χ3n) is 5.33. The number of hydrogen-bond donors (Lipinski definition) is 0. The summed E-state index contributed by atoms with van der Waals surface area (Å²) in [6, 6.07) is 30.0. The molecule has 2 heterocycles. The van der Waals surface area contributed by atoms with Crippen molar-refractivity contribution < 1.29 is 4.79 Å². The van der Waals surface area contributed by atoms with Crippen molar-refractivity contribution in [2.24, 2.45) is 0 Å². The topological polar surface area (TPSA) is 63.9 Å². The number of carbonyl (C=O) groups is 1. The molecule has 0 atom stereocenters. The molecule has 0 saturated heterocycles. The Kier molecular flexibility index (Phi) is 7.02. The number of rotatable bonds is 8. The molecule has 35 heavy (non-hydrogen) atoms. The van der Waals surface area contributed by atoms with Gasteiger partial charge in [-0.1, -0.05) is 78.5 Å². The van der Waals surface area contributed by atoms with Gasteiger partial charge in [0.1, 0.15) is 5.82 Å². The van der Waals surface area contributed by atoms with E-state index in [4.69, 9.17) is 4.98 Å². The van der Waals surface area contributed by atoms with E-state index in [1.807, 2.05) is 72.1 Å². The molecule has 0 aliphatic heterocycles. The van der Waals surface area contributed by atoms with Crippen LogP contribution in [-0.2, 0) is 17.0 Å². The molecule has 5 rings (SSSR count). The monoisotopic (exact) mass is 497 g/mol. The van der Waals surface area contributed by atoms with E-state index in [1.165, 1.54) is 16.9 Å². The van der Waals surface area contributed by atoms with E-state index in [1.54, 1.807) is 23.6 Å². The lowest BCUT2D eigenvalue weighted by Crippen LogP contribution is -2.22. The summed E-state index contributed by atoms with van der Waals surface area (Å²) >= 11 is 3.05. The fourth-order valence-corrected chi connectivity index (χ4v) is 5.59. The molecule has 0 N–H and O–H groups in total. The van der Waals surface area contributed by atoms with Crippen molar-refractivity contribution in [3.05, 3.63) is 113 Å². The Bertz CT molecular complexity index is 1400. The minimum Gasteiger partial charge on any atom is -0.274 e. The fraction of sp³-hybridized carbons (Fsp3) is 0.111. The predicted molar refractivity (Wildman–Crippen MR) is 142 cm³/mol. The maximum atomic E-state index is 12.4. The Hall–Kier alpha value is -3.75. The number of para-hydroxylation sites is 2. The zero-order valence-electron chi connectivity index (χ0n) is 19.1. The minimum atomic E-state index is -0.0703. The van der Waals surface area contributed by atoms with Crippen LogP contribution in [0.3, 0.4) is 0 Å². The number of benzene rings is 3. The molecule has 0 radical (unpaired) electrons. The summed E-state index contributed by atoms with van der Waals surface area (Å²) in [5, 5.41) is 12.5. The highest BCUT2D eigenvalue weighted by Gasteiger charge is 2.19. The third kappa shape index (κ3) is 5.34. The third-order valence-corrected chi connectivity index (χ3v) is 7.17. The Morgan fingerprint density at radius 1 is 0.914 bits per heavy atom. The van der Waals surface area contributed by atoms with Crippen LogP contribution in [0.25, 0.3) is 5.69 Å². The van der Waals surface area contributed by atoms with Crippen molar-refractivity contribution in [1.29, 1.82) is 0 Å². The van der Waals surface area contributed by atoms with Gasteiger partial charge in [0.05, 0.1) is 11.4 Å². The van der Waals surface area contributed by atoms with Crippen LogP contribution in [-0.4, -0.2) is 25.7 Å². The van der Waals surface area contributed by atoms with Gasteiger partial charge in [-0.3, -0.25) is 14.3 Å². The minimum absolute atomic E-state index is 0.0703. The van der Waals surface area contributed by atoms with Crippen molar-refractivity contribution >= 4 is 39.8 Å². The van der Waals surface area contributed by atoms with Crippen molar-refractivity contribution in [2.45, 2.75) is 24.3 Å². The first-order valence-corrected chi connectivity index (χ1v) is 13.0. The van der Waals surface area contributed by atoms with E-state index in [0.717, 1.165) is 28.0 Å². The van der Waals surface area contributed by atoms with Gasteiger partial charge in [0.25, 0.3) is 0 Å². The maximum absolute atomic E-state index is 12.4. The Labute approximate surface area is 212 Å². The van der Waals surface area contributed by atoms with Crippen molar-refractivity contribution in [1.82, 2.24) is 19.7 Å². The van der Waals surface area contributed by atoms with E-state index in [0.29, 0.717) is 17.3 Å². The van der Waals surface area contributed by atoms with Gasteiger partial charge in [0, 0.05) is 30.2 Å². The van der Waals surface area contributed by atoms with Crippen LogP contribution in [0, 0.1) is 0 Å². The highest BCUT2D eigenvalue weighted by molar-refractivity contribution is 7.98. The molecule has 6 nitrogen and oxygen atoms in total. The van der Waals surface area contributed by atoms with Crippen LogP contribution in [0.15, 0.2) is 102 Å². The molecular formula is C27H23N5OS2. The number of nitrogens with zero attached hydrogens (tertiary/aromatic N) is 5. The van der Waals surface area contributed by atoms with Gasteiger partial charge in [0.15, 0.2) is 10.3 Å². The van der Waals surface area contributed by atoms with Gasteiger partial charge >= 0.3 is 0 Å². The van der Waals surface area contributed by atoms with Crippen LogP contribution in [0.5, 0.6) is 0 Å². The van der Waals surface area contributed by atoms with Gasteiger partial charge in [-0.2, -0.15) is 0 Å². The van der Waals surface area contributed by atoms with Crippen LogP contribution in [0.1, 0.15) is 24.0 Å². The SMILES string of the molecule is CC(=O)N(c1ccccc1)c1nc(CSc2nnc(Cc3ccccc3)n2-c2ccccc2)cs1. The van der Waals surface area contributed by atoms with Gasteiger partial charge in [-0.25, -0.2) is 4.98 Å². The lowest BCUT2D eigenvalue weighted by Gasteiger charge is -2.17. The average Bonchev–Trinajstić information content (AvgIpc) is 3.51. The summed E-state index contributed by atoms with van der Waals surface area (Å²) < 4.78 is 2.11. The average molecular weight is 498 g/mol. The largest absolute Gasteiger partial charge is 0.274 e. The van der Waals surface area contributed by atoms with Crippen LogP contribution >= 0.6 is 23.1 Å². The number of hydrogen-bond acceptors (Lipinski definition) is 6. The summed E-state index contributed by atoms with van der Waals surface area (Å²) in [5.41, 5.74) is 3.91. The zero-order chi connectivity index (χ0) is 24.0. The quantitative estimate of drug-likeness (QED) is 0.236. The van der Waals surface area contributed by atoms with E-state index in [-0.39, 0.29) is 5.91 Å². The van der Waals surface area contributed by atoms with E-state index < -0.39 is 0 Å². The van der Waals surface area contributed by atoms with Gasteiger partial charge in [0.2, 0.25) is 5.91 Å². The first kappa shape index (κ1) is 23.0. The molecule has 0 spiro atoms. The number of anilines is 2. The molecule has 3 aromatic carbocycles. The summed E-state index contributed by atoms with van der Waals surface area (Å²) in [6.45, 7) is 1.55. The molecule has 174 valence electrons. The summed E-state index contributed by atoms with van der Waals surface area (Å²) in [6.07, 6.45) is 0.689. The van der Waals surface area contributed by atoms with Gasteiger partial charge < -0.3 is 0 Å². The Morgan fingerprint density at radius 2 is 1.57 bits per heavy atom. The maximum Gasteiger partial charge on any atom is 0.230 e. The van der Waals surface area contributed by atoms with Crippen molar-refractivity contribution in [2.75, 3.05) is 4.90 Å². The van der Waals surface area contributed by atoms with E-state index >= 15 is 0 Å². The molecule has 2 aromatic heterocycles. The molecule has 0 aliphatic carbocycles. The van der Waals surface area contributed by atoms with Gasteiger partial charge in [-0.15, -0.1) is 21.5 Å². The fourth-order valence-electron chi connectivity index (χ4n) is 3.73. The van der Waals surface area contributed by atoms with E-state index in [9.17, 15) is 4.79 Å². The first-order valence-electron chi connectivity index (χ1n) is 11.2. The Morgan fingerprint density at radius 3 is 2.26 bits per heavy atom. The molecule has 0 saturated carbocycles. The van der Waals surface area contributed by atoms with Crippen LogP contribution in [0.2, 0.25) is 0 Å². The lowest BCUT2D eigenvalue weighted by atomic mass is 10.1. The number of amides is 1. The molecule has 1 amide bonds. The van der Waals surface area contributed by atoms with E-state index in [2.05, 4.69) is 39.0 Å². The highest BCUT2D eigenvalue weighted by Crippen LogP contribution is 2.32. The molecular weight excluding hydrogens is 474 g/mol. The number of carbonyl (C=O) groups excluding carboxylic acids is 1. The standard InChI is InChI=1S/C27H23N5OS2/c1-20(33)31(23-13-7-3-8-14-23)26-28-22(18-34-26)19-35-27-30-29-25(17-21-11-5-2-6-12-21)32(27)24-15-9-4-10-16-24/h2-16,18H,17,19H2,1H3. The normalized spacial score (nSPS) is 10.9. The highest BCUT2D eigenvalue weighted by atomic mass is 32.2. The predicted octanol–water partition coefficient (Wildman–Crippen LogP) is 6.29. The summed E-state index contributed by atoms with van der Waals surface area (Å²) in [7, 11) is 0. The molecule has 8 heteroatoms. The van der Waals surface area contributed by atoms with Crippen LogP contribution in [0.4, 0.5) is 10.8 Å². The second-order valence-electron chi connectivity index (χ2n) is 7.83. The second kappa shape index (κ2) is 10.7. The van der Waals surface area contributed by atoms with Gasteiger partial charge in [-0.05, 0) is 29.8 Å². The molecule has 0 bridgehead atoms. The van der Waals surface area contributed by atoms with Crippen molar-refractivity contribution in [3.8, 4) is 5.69 Å². The first-order chi connectivity index (χ1) is 17.2. The summed E-state index contributed by atoms with van der Waals surface area (Å²) in [5.74, 6) is 1.43. The molecule has 0 aliphatic rings.